The first-order valence-electron chi connectivity index (χ1n) is 8.82. The maximum absolute atomic E-state index is 13.4. The molecule has 0 radical (unpaired) electrons. The number of methoxy groups -OCH3 is 1. The van der Waals surface area contributed by atoms with E-state index < -0.39 is 17.2 Å². The van der Waals surface area contributed by atoms with Crippen LogP contribution in [-0.2, 0) is 22.1 Å². The topological polar surface area (TPSA) is 47.6 Å². The van der Waals surface area contributed by atoms with Crippen LogP contribution in [0.15, 0.2) is 48.5 Å². The van der Waals surface area contributed by atoms with Crippen LogP contribution in [0.5, 0.6) is 5.75 Å². The lowest BCUT2D eigenvalue weighted by molar-refractivity contribution is -0.139. The molecule has 2 aromatic carbocycles. The van der Waals surface area contributed by atoms with Crippen LogP contribution in [-0.4, -0.2) is 26.2 Å². The minimum Gasteiger partial charge on any atom is -0.491 e. The van der Waals surface area contributed by atoms with Gasteiger partial charge in [-0.15, -0.1) is 0 Å². The van der Waals surface area contributed by atoms with Crippen molar-refractivity contribution in [2.24, 2.45) is 5.41 Å². The monoisotopic (exact) mass is 395 g/mol. The SMILES string of the molecule is COCCOc1ccc(NC(=O)C(C)(C)Cc2ccccc2)cc1C(F)(F)F. The highest BCUT2D eigenvalue weighted by molar-refractivity contribution is 5.95. The Balaban J connectivity index is 2.17. The van der Waals surface area contributed by atoms with Gasteiger partial charge in [0.05, 0.1) is 12.2 Å². The number of rotatable bonds is 8. The Bertz CT molecular complexity index is 789. The number of hydrogen-bond acceptors (Lipinski definition) is 3. The van der Waals surface area contributed by atoms with Crippen LogP contribution >= 0.6 is 0 Å². The smallest absolute Gasteiger partial charge is 0.420 e. The minimum absolute atomic E-state index is 0.00457. The second kappa shape index (κ2) is 9.10. The molecule has 0 aromatic heterocycles. The van der Waals surface area contributed by atoms with Crippen molar-refractivity contribution in [2.45, 2.75) is 26.4 Å². The van der Waals surface area contributed by atoms with E-state index in [0.717, 1.165) is 11.6 Å². The second-order valence-corrected chi connectivity index (χ2v) is 7.05. The number of nitrogens with one attached hydrogen (secondary N) is 1. The van der Waals surface area contributed by atoms with E-state index in [4.69, 9.17) is 9.47 Å². The quantitative estimate of drug-likeness (QED) is 0.644. The third kappa shape index (κ3) is 5.99. The molecule has 7 heteroatoms. The number of carbonyl (C=O) groups excluding carboxylic acids is 1. The third-order valence-corrected chi connectivity index (χ3v) is 4.19. The Labute approximate surface area is 162 Å². The van der Waals surface area contributed by atoms with Gasteiger partial charge in [0.15, 0.2) is 0 Å². The van der Waals surface area contributed by atoms with Crippen LogP contribution in [0.25, 0.3) is 0 Å². The predicted octanol–water partition coefficient (Wildman–Crippen LogP) is 4.94. The van der Waals surface area contributed by atoms with Crippen molar-refractivity contribution in [1.29, 1.82) is 0 Å². The Morgan fingerprint density at radius 3 is 2.32 bits per heavy atom. The summed E-state index contributed by atoms with van der Waals surface area (Å²) in [7, 11) is 1.43. The van der Waals surface area contributed by atoms with Gasteiger partial charge in [-0.2, -0.15) is 13.2 Å². The Morgan fingerprint density at radius 2 is 1.71 bits per heavy atom. The minimum atomic E-state index is -4.61. The molecule has 0 aliphatic carbocycles. The van der Waals surface area contributed by atoms with E-state index in [2.05, 4.69) is 5.32 Å². The first kappa shape index (κ1) is 21.8. The summed E-state index contributed by atoms with van der Waals surface area (Å²) >= 11 is 0. The average molecular weight is 395 g/mol. The highest BCUT2D eigenvalue weighted by atomic mass is 19.4. The molecule has 1 amide bonds. The van der Waals surface area contributed by atoms with Crippen LogP contribution in [0.2, 0.25) is 0 Å². The van der Waals surface area contributed by atoms with Crippen LogP contribution < -0.4 is 10.1 Å². The summed E-state index contributed by atoms with van der Waals surface area (Å²) in [6, 6.07) is 12.9. The molecule has 0 unspecified atom stereocenters. The molecule has 28 heavy (non-hydrogen) atoms. The number of alkyl halides is 3. The third-order valence-electron chi connectivity index (χ3n) is 4.19. The molecular formula is C21H24F3NO3. The van der Waals surface area contributed by atoms with Crippen molar-refractivity contribution in [3.8, 4) is 5.75 Å². The highest BCUT2D eigenvalue weighted by Gasteiger charge is 2.35. The van der Waals surface area contributed by atoms with Crippen molar-refractivity contribution in [1.82, 2.24) is 0 Å². The van der Waals surface area contributed by atoms with Gasteiger partial charge in [0, 0.05) is 18.2 Å². The summed E-state index contributed by atoms with van der Waals surface area (Å²) in [4.78, 5) is 12.7. The van der Waals surface area contributed by atoms with Crippen LogP contribution in [0, 0.1) is 5.41 Å². The largest absolute Gasteiger partial charge is 0.491 e. The molecule has 0 saturated carbocycles. The average Bonchev–Trinajstić information content (AvgIpc) is 2.62. The zero-order valence-electron chi connectivity index (χ0n) is 16.1. The molecule has 0 bridgehead atoms. The van der Waals surface area contributed by atoms with Gasteiger partial charge in [-0.3, -0.25) is 4.79 Å². The number of hydrogen-bond donors (Lipinski definition) is 1. The molecule has 0 heterocycles. The van der Waals surface area contributed by atoms with Gasteiger partial charge in [-0.25, -0.2) is 0 Å². The van der Waals surface area contributed by atoms with Gasteiger partial charge in [0.2, 0.25) is 5.91 Å². The zero-order chi connectivity index (χ0) is 20.8. The van der Waals surface area contributed by atoms with Crippen molar-refractivity contribution in [3.05, 3.63) is 59.7 Å². The maximum Gasteiger partial charge on any atom is 0.420 e. The molecule has 152 valence electrons. The molecule has 0 fully saturated rings. The molecule has 0 spiro atoms. The fourth-order valence-corrected chi connectivity index (χ4v) is 2.68. The zero-order valence-corrected chi connectivity index (χ0v) is 16.1. The summed E-state index contributed by atoms with van der Waals surface area (Å²) < 4.78 is 50.1. The number of halogens is 3. The molecule has 0 aliphatic rings. The fraction of sp³-hybridized carbons (Fsp3) is 0.381. The van der Waals surface area contributed by atoms with E-state index in [0.29, 0.717) is 6.42 Å². The molecule has 1 N–H and O–H groups in total. The summed E-state index contributed by atoms with van der Waals surface area (Å²) in [5.41, 5.74) is -0.701. The first-order valence-corrected chi connectivity index (χ1v) is 8.82. The lowest BCUT2D eigenvalue weighted by atomic mass is 9.84. The Morgan fingerprint density at radius 1 is 1.04 bits per heavy atom. The van der Waals surface area contributed by atoms with Crippen molar-refractivity contribution in [2.75, 3.05) is 25.6 Å². The van der Waals surface area contributed by atoms with Gasteiger partial charge >= 0.3 is 6.18 Å². The molecule has 0 saturated heterocycles. The lowest BCUT2D eigenvalue weighted by Crippen LogP contribution is -2.32. The van der Waals surface area contributed by atoms with E-state index in [1.807, 2.05) is 30.3 Å². The van der Waals surface area contributed by atoms with Gasteiger partial charge in [-0.1, -0.05) is 44.2 Å². The Hall–Kier alpha value is -2.54. The van der Waals surface area contributed by atoms with E-state index in [1.54, 1.807) is 13.8 Å². The number of anilines is 1. The number of amides is 1. The van der Waals surface area contributed by atoms with E-state index >= 15 is 0 Å². The summed E-state index contributed by atoms with van der Waals surface area (Å²) in [6.45, 7) is 3.67. The summed E-state index contributed by atoms with van der Waals surface area (Å²) in [5.74, 6) is -0.663. The van der Waals surface area contributed by atoms with Gasteiger partial charge in [0.25, 0.3) is 0 Å². The van der Waals surface area contributed by atoms with Crippen LogP contribution in [0.4, 0.5) is 18.9 Å². The van der Waals surface area contributed by atoms with Gasteiger partial charge in [-0.05, 0) is 30.2 Å². The first-order chi connectivity index (χ1) is 13.1. The predicted molar refractivity (Wildman–Crippen MR) is 101 cm³/mol. The molecule has 4 nitrogen and oxygen atoms in total. The summed E-state index contributed by atoms with van der Waals surface area (Å²) in [6.07, 6.45) is -4.15. The molecule has 2 rings (SSSR count). The number of carbonyl (C=O) groups is 1. The number of ether oxygens (including phenoxy) is 2. The second-order valence-electron chi connectivity index (χ2n) is 7.05. The summed E-state index contributed by atoms with van der Waals surface area (Å²) in [5, 5.41) is 2.59. The lowest BCUT2D eigenvalue weighted by Gasteiger charge is -2.24. The molecular weight excluding hydrogens is 371 g/mol. The maximum atomic E-state index is 13.4. The van der Waals surface area contributed by atoms with E-state index in [9.17, 15) is 18.0 Å². The van der Waals surface area contributed by atoms with Crippen LogP contribution in [0.1, 0.15) is 25.0 Å². The molecule has 2 aromatic rings. The number of benzene rings is 2. The van der Waals surface area contributed by atoms with Gasteiger partial charge < -0.3 is 14.8 Å². The standard InChI is InChI=1S/C21H24F3NO3/c1-20(2,14-15-7-5-4-6-8-15)19(26)25-16-9-10-18(28-12-11-27-3)17(13-16)21(22,23)24/h4-10,13H,11-12,14H2,1-3H3,(H,25,26). The van der Waals surface area contributed by atoms with Crippen molar-refractivity contribution < 1.29 is 27.4 Å². The van der Waals surface area contributed by atoms with Gasteiger partial charge in [0.1, 0.15) is 12.4 Å². The van der Waals surface area contributed by atoms with Crippen LogP contribution in [0.3, 0.4) is 0 Å². The normalized spacial score (nSPS) is 11.9. The van der Waals surface area contributed by atoms with E-state index in [1.165, 1.54) is 19.2 Å². The van der Waals surface area contributed by atoms with Crippen molar-refractivity contribution in [3.63, 3.8) is 0 Å². The van der Waals surface area contributed by atoms with E-state index in [-0.39, 0.29) is 30.6 Å². The van der Waals surface area contributed by atoms with Crippen molar-refractivity contribution >= 4 is 11.6 Å². The highest BCUT2D eigenvalue weighted by Crippen LogP contribution is 2.38. The molecule has 0 atom stereocenters. The molecule has 0 aliphatic heterocycles. The fourth-order valence-electron chi connectivity index (χ4n) is 2.68. The Kier molecular flexibility index (Phi) is 7.07.